The van der Waals surface area contributed by atoms with Gasteiger partial charge < -0.3 is 10.5 Å². The summed E-state index contributed by atoms with van der Waals surface area (Å²) in [6.45, 7) is 3.22. The quantitative estimate of drug-likeness (QED) is 0.875. The molecule has 0 radical (unpaired) electrons. The number of ether oxygens (including phenoxy) is 1. The number of benzene rings is 2. The monoisotopic (exact) mass is 282 g/mol. The highest BCUT2D eigenvalue weighted by molar-refractivity contribution is 5.54. The van der Waals surface area contributed by atoms with Crippen molar-refractivity contribution in [2.75, 3.05) is 25.9 Å². The Kier molecular flexibility index (Phi) is 4.11. The lowest BCUT2D eigenvalue weighted by molar-refractivity contribution is 0.326. The van der Waals surface area contributed by atoms with Gasteiger partial charge in [0, 0.05) is 13.1 Å². The normalized spacial score (nSPS) is 18.8. The van der Waals surface area contributed by atoms with Gasteiger partial charge >= 0.3 is 0 Å². The van der Waals surface area contributed by atoms with Gasteiger partial charge in [-0.2, -0.15) is 0 Å². The highest BCUT2D eigenvalue weighted by Gasteiger charge is 2.23. The summed E-state index contributed by atoms with van der Waals surface area (Å²) in [5.41, 5.74) is 9.40. The van der Waals surface area contributed by atoms with Gasteiger partial charge in [-0.05, 0) is 42.1 Å². The second-order valence-electron chi connectivity index (χ2n) is 5.71. The van der Waals surface area contributed by atoms with Crippen LogP contribution < -0.4 is 10.5 Å². The van der Waals surface area contributed by atoms with Crippen molar-refractivity contribution in [3.63, 3.8) is 0 Å². The summed E-state index contributed by atoms with van der Waals surface area (Å²) in [4.78, 5) is 2.50. The second kappa shape index (κ2) is 6.19. The predicted octanol–water partition coefficient (Wildman–Crippen LogP) is 3.27. The summed E-state index contributed by atoms with van der Waals surface area (Å²) < 4.78 is 5.21. The molecule has 2 N–H and O–H groups in total. The molecule has 1 heterocycles. The first-order chi connectivity index (χ1) is 10.3. The molecule has 1 aliphatic rings. The van der Waals surface area contributed by atoms with E-state index in [0.29, 0.717) is 11.6 Å². The molecule has 2 aromatic rings. The Hall–Kier alpha value is -2.00. The fourth-order valence-corrected chi connectivity index (χ4v) is 3.11. The molecule has 0 bridgehead atoms. The van der Waals surface area contributed by atoms with Crippen molar-refractivity contribution in [2.45, 2.75) is 18.9 Å². The average Bonchev–Trinajstić information content (AvgIpc) is 2.97. The highest BCUT2D eigenvalue weighted by atomic mass is 16.5. The molecule has 0 spiro atoms. The van der Waals surface area contributed by atoms with E-state index in [4.69, 9.17) is 10.5 Å². The van der Waals surface area contributed by atoms with Crippen molar-refractivity contribution in [1.82, 2.24) is 4.90 Å². The van der Waals surface area contributed by atoms with Crippen LogP contribution in [0.2, 0.25) is 0 Å². The van der Waals surface area contributed by atoms with Crippen molar-refractivity contribution in [2.24, 2.45) is 0 Å². The zero-order chi connectivity index (χ0) is 14.7. The van der Waals surface area contributed by atoms with E-state index in [9.17, 15) is 0 Å². The van der Waals surface area contributed by atoms with Crippen molar-refractivity contribution >= 4 is 5.69 Å². The molecule has 1 fully saturated rings. The van der Waals surface area contributed by atoms with Crippen LogP contribution in [0.3, 0.4) is 0 Å². The van der Waals surface area contributed by atoms with E-state index in [1.165, 1.54) is 17.5 Å². The molecule has 3 nitrogen and oxygen atoms in total. The number of rotatable bonds is 4. The van der Waals surface area contributed by atoms with E-state index >= 15 is 0 Å². The van der Waals surface area contributed by atoms with Gasteiger partial charge in [0.1, 0.15) is 5.75 Å². The minimum Gasteiger partial charge on any atom is -0.495 e. The molecular formula is C18H22N2O. The third-order valence-electron chi connectivity index (χ3n) is 4.24. The smallest absolute Gasteiger partial charge is 0.141 e. The van der Waals surface area contributed by atoms with E-state index in [1.54, 1.807) is 7.11 Å². The number of methoxy groups -OCH3 is 1. The molecule has 1 saturated heterocycles. The fraction of sp³-hybridized carbons (Fsp3) is 0.333. The van der Waals surface area contributed by atoms with Crippen LogP contribution in [-0.2, 0) is 6.54 Å². The fourth-order valence-electron chi connectivity index (χ4n) is 3.11. The lowest BCUT2D eigenvalue weighted by Gasteiger charge is -2.17. The minimum absolute atomic E-state index is 0.654. The number of likely N-dealkylation sites (tertiary alicyclic amines) is 1. The lowest BCUT2D eigenvalue weighted by atomic mass is 9.99. The van der Waals surface area contributed by atoms with Gasteiger partial charge in [-0.15, -0.1) is 0 Å². The Bertz CT molecular complexity index is 597. The number of hydrogen-bond acceptors (Lipinski definition) is 3. The molecule has 1 atom stereocenters. The average molecular weight is 282 g/mol. The Labute approximate surface area is 126 Å². The number of nitrogens with zero attached hydrogens (tertiary/aromatic N) is 1. The molecule has 0 amide bonds. The molecule has 110 valence electrons. The number of nitrogen functional groups attached to an aromatic ring is 1. The Morgan fingerprint density at radius 2 is 2.00 bits per heavy atom. The van der Waals surface area contributed by atoms with Crippen molar-refractivity contribution in [1.29, 1.82) is 0 Å². The third kappa shape index (κ3) is 3.19. The first-order valence-corrected chi connectivity index (χ1v) is 7.46. The standard InChI is InChI=1S/C18H22N2O/c1-21-18-8-7-14(11-17(18)19)12-20-10-9-16(13-20)15-5-3-2-4-6-15/h2-8,11,16H,9-10,12-13,19H2,1H3. The topological polar surface area (TPSA) is 38.5 Å². The molecule has 0 aliphatic carbocycles. The summed E-state index contributed by atoms with van der Waals surface area (Å²) in [5.74, 6) is 1.41. The van der Waals surface area contributed by atoms with Crippen LogP contribution in [0.1, 0.15) is 23.5 Å². The maximum atomic E-state index is 5.98. The van der Waals surface area contributed by atoms with E-state index in [2.05, 4.69) is 41.3 Å². The van der Waals surface area contributed by atoms with Crippen molar-refractivity contribution in [3.8, 4) is 5.75 Å². The van der Waals surface area contributed by atoms with Gasteiger partial charge in [0.25, 0.3) is 0 Å². The van der Waals surface area contributed by atoms with Gasteiger partial charge in [0.05, 0.1) is 12.8 Å². The SMILES string of the molecule is COc1ccc(CN2CCC(c3ccccc3)C2)cc1N. The molecule has 0 aromatic heterocycles. The summed E-state index contributed by atoms with van der Waals surface area (Å²) in [6.07, 6.45) is 1.23. The molecule has 3 heteroatoms. The maximum Gasteiger partial charge on any atom is 0.141 e. The van der Waals surface area contributed by atoms with E-state index < -0.39 is 0 Å². The van der Waals surface area contributed by atoms with Crippen LogP contribution in [-0.4, -0.2) is 25.1 Å². The van der Waals surface area contributed by atoms with Gasteiger partial charge in [-0.1, -0.05) is 36.4 Å². The van der Waals surface area contributed by atoms with E-state index in [1.807, 2.05) is 12.1 Å². The largest absolute Gasteiger partial charge is 0.495 e. The van der Waals surface area contributed by atoms with Crippen molar-refractivity contribution in [3.05, 3.63) is 59.7 Å². The number of nitrogens with two attached hydrogens (primary N) is 1. The maximum absolute atomic E-state index is 5.98. The minimum atomic E-state index is 0.654. The number of anilines is 1. The zero-order valence-electron chi connectivity index (χ0n) is 12.5. The highest BCUT2D eigenvalue weighted by Crippen LogP contribution is 2.29. The van der Waals surface area contributed by atoms with E-state index in [0.717, 1.165) is 25.4 Å². The van der Waals surface area contributed by atoms with Crippen LogP contribution in [0.5, 0.6) is 5.75 Å². The Morgan fingerprint density at radius 1 is 1.19 bits per heavy atom. The summed E-state index contributed by atoms with van der Waals surface area (Å²) in [5, 5.41) is 0. The third-order valence-corrected chi connectivity index (χ3v) is 4.24. The lowest BCUT2D eigenvalue weighted by Crippen LogP contribution is -2.19. The van der Waals surface area contributed by atoms with Gasteiger partial charge in [-0.3, -0.25) is 4.90 Å². The molecule has 21 heavy (non-hydrogen) atoms. The molecule has 1 unspecified atom stereocenters. The van der Waals surface area contributed by atoms with Crippen LogP contribution in [0.4, 0.5) is 5.69 Å². The first kappa shape index (κ1) is 14.0. The van der Waals surface area contributed by atoms with Crippen LogP contribution in [0, 0.1) is 0 Å². The Balaban J connectivity index is 1.63. The van der Waals surface area contributed by atoms with Crippen LogP contribution >= 0.6 is 0 Å². The predicted molar refractivity (Wildman–Crippen MR) is 86.5 cm³/mol. The summed E-state index contributed by atoms with van der Waals surface area (Å²) in [7, 11) is 1.65. The Morgan fingerprint density at radius 3 is 2.71 bits per heavy atom. The van der Waals surface area contributed by atoms with Crippen molar-refractivity contribution < 1.29 is 4.74 Å². The van der Waals surface area contributed by atoms with E-state index in [-0.39, 0.29) is 0 Å². The van der Waals surface area contributed by atoms with Crippen LogP contribution in [0.25, 0.3) is 0 Å². The van der Waals surface area contributed by atoms with Gasteiger partial charge in [0.2, 0.25) is 0 Å². The number of hydrogen-bond donors (Lipinski definition) is 1. The second-order valence-corrected chi connectivity index (χ2v) is 5.71. The van der Waals surface area contributed by atoms with Gasteiger partial charge in [0.15, 0.2) is 0 Å². The van der Waals surface area contributed by atoms with Crippen LogP contribution in [0.15, 0.2) is 48.5 Å². The van der Waals surface area contributed by atoms with Gasteiger partial charge in [-0.25, -0.2) is 0 Å². The molecular weight excluding hydrogens is 260 g/mol. The summed E-state index contributed by atoms with van der Waals surface area (Å²) in [6, 6.07) is 16.9. The molecule has 1 aliphatic heterocycles. The molecule has 3 rings (SSSR count). The zero-order valence-corrected chi connectivity index (χ0v) is 12.5. The summed E-state index contributed by atoms with van der Waals surface area (Å²) >= 11 is 0. The molecule has 2 aromatic carbocycles. The first-order valence-electron chi connectivity index (χ1n) is 7.46. The molecule has 0 saturated carbocycles.